The van der Waals surface area contributed by atoms with Crippen molar-refractivity contribution in [1.29, 1.82) is 5.26 Å². The molecule has 0 aliphatic heterocycles. The van der Waals surface area contributed by atoms with Crippen LogP contribution in [0.25, 0.3) is 0 Å². The van der Waals surface area contributed by atoms with E-state index >= 15 is 0 Å². The monoisotopic (exact) mass is 395 g/mol. The molecule has 0 aliphatic rings. The zero-order valence-corrected chi connectivity index (χ0v) is 16.8. The van der Waals surface area contributed by atoms with Gasteiger partial charge in [-0.25, -0.2) is 9.59 Å². The van der Waals surface area contributed by atoms with Crippen LogP contribution in [0.4, 0.5) is 21.0 Å². The van der Waals surface area contributed by atoms with Crippen molar-refractivity contribution >= 4 is 23.6 Å². The Morgan fingerprint density at radius 2 is 1.93 bits per heavy atom. The number of hydrogen-bond donors (Lipinski definition) is 1. The van der Waals surface area contributed by atoms with Crippen LogP contribution in [-0.2, 0) is 4.74 Å². The molecule has 0 aromatic heterocycles. The minimum atomic E-state index is -0.608. The van der Waals surface area contributed by atoms with E-state index in [9.17, 15) is 9.59 Å². The van der Waals surface area contributed by atoms with Gasteiger partial charge < -0.3 is 9.47 Å². The summed E-state index contributed by atoms with van der Waals surface area (Å²) in [5.74, 6) is 0.269. The highest BCUT2D eigenvalue weighted by molar-refractivity contribution is 5.90. The van der Waals surface area contributed by atoms with Crippen LogP contribution >= 0.6 is 0 Å². The topological polar surface area (TPSA) is 91.7 Å². The second-order valence-corrected chi connectivity index (χ2v) is 6.54. The summed E-state index contributed by atoms with van der Waals surface area (Å²) in [7, 11) is 0. The SMILES string of the molecule is CCC(C)OC(=O)Nc1cccc(OC(=O)N(CCC#N)c2ccc(C)cc2)c1. The van der Waals surface area contributed by atoms with Gasteiger partial charge in [-0.1, -0.05) is 30.7 Å². The van der Waals surface area contributed by atoms with Gasteiger partial charge in [0.2, 0.25) is 0 Å². The van der Waals surface area contributed by atoms with Crippen LogP contribution in [0.15, 0.2) is 48.5 Å². The van der Waals surface area contributed by atoms with Crippen LogP contribution in [0.3, 0.4) is 0 Å². The van der Waals surface area contributed by atoms with Crippen molar-refractivity contribution in [3.05, 3.63) is 54.1 Å². The molecule has 0 heterocycles. The molecular weight excluding hydrogens is 370 g/mol. The van der Waals surface area contributed by atoms with Gasteiger partial charge in [0, 0.05) is 24.0 Å². The van der Waals surface area contributed by atoms with Crippen molar-refractivity contribution < 1.29 is 19.1 Å². The van der Waals surface area contributed by atoms with Crippen LogP contribution in [0.5, 0.6) is 5.75 Å². The lowest BCUT2D eigenvalue weighted by Crippen LogP contribution is -2.34. The Hall–Kier alpha value is -3.53. The quantitative estimate of drug-likeness (QED) is 0.690. The Morgan fingerprint density at radius 1 is 1.21 bits per heavy atom. The van der Waals surface area contributed by atoms with E-state index in [0.29, 0.717) is 17.8 Å². The van der Waals surface area contributed by atoms with Crippen LogP contribution < -0.4 is 15.0 Å². The van der Waals surface area contributed by atoms with Crippen LogP contribution in [-0.4, -0.2) is 24.8 Å². The summed E-state index contributed by atoms with van der Waals surface area (Å²) in [6.07, 6.45) is -0.491. The lowest BCUT2D eigenvalue weighted by atomic mass is 10.2. The standard InChI is InChI=1S/C22H25N3O4/c1-4-17(3)28-21(26)24-18-7-5-8-20(15-18)29-22(27)25(14-6-13-23)19-11-9-16(2)10-12-19/h5,7-12,15,17H,4,6,14H2,1-3H3,(H,24,26). The van der Waals surface area contributed by atoms with Crippen molar-refractivity contribution in [3.8, 4) is 11.8 Å². The van der Waals surface area contributed by atoms with Gasteiger partial charge in [-0.05, 0) is 44.5 Å². The van der Waals surface area contributed by atoms with Crippen LogP contribution in [0.1, 0.15) is 32.3 Å². The third-order valence-electron chi connectivity index (χ3n) is 4.18. The Kier molecular flexibility index (Phi) is 8.04. The molecule has 1 unspecified atom stereocenters. The van der Waals surface area contributed by atoms with E-state index in [1.54, 1.807) is 37.3 Å². The van der Waals surface area contributed by atoms with Gasteiger partial charge in [0.05, 0.1) is 12.5 Å². The molecule has 1 N–H and O–H groups in total. The number of carbonyl (C=O) groups is 2. The molecule has 2 aromatic carbocycles. The van der Waals surface area contributed by atoms with Crippen molar-refractivity contribution in [2.24, 2.45) is 0 Å². The average molecular weight is 395 g/mol. The summed E-state index contributed by atoms with van der Waals surface area (Å²) >= 11 is 0. The van der Waals surface area contributed by atoms with E-state index in [4.69, 9.17) is 14.7 Å². The molecule has 0 saturated heterocycles. The smallest absolute Gasteiger partial charge is 0.419 e. The number of nitrogens with zero attached hydrogens (tertiary/aromatic N) is 2. The van der Waals surface area contributed by atoms with E-state index in [2.05, 4.69) is 5.32 Å². The highest BCUT2D eigenvalue weighted by Gasteiger charge is 2.18. The third kappa shape index (κ3) is 6.85. The molecule has 0 fully saturated rings. The minimum absolute atomic E-state index is 0.173. The van der Waals surface area contributed by atoms with Gasteiger partial charge in [0.1, 0.15) is 11.9 Å². The van der Waals surface area contributed by atoms with Gasteiger partial charge in [0.15, 0.2) is 0 Å². The summed E-state index contributed by atoms with van der Waals surface area (Å²) in [6, 6.07) is 15.9. The van der Waals surface area contributed by atoms with Gasteiger partial charge in [-0.3, -0.25) is 10.2 Å². The van der Waals surface area contributed by atoms with Crippen molar-refractivity contribution in [2.75, 3.05) is 16.8 Å². The number of nitriles is 1. The molecule has 2 rings (SSSR count). The van der Waals surface area contributed by atoms with Gasteiger partial charge >= 0.3 is 12.2 Å². The number of aryl methyl sites for hydroxylation is 1. The molecular formula is C22H25N3O4. The molecule has 152 valence electrons. The molecule has 0 spiro atoms. The van der Waals surface area contributed by atoms with Crippen molar-refractivity contribution in [3.63, 3.8) is 0 Å². The molecule has 1 atom stereocenters. The summed E-state index contributed by atoms with van der Waals surface area (Å²) in [6.45, 7) is 5.88. The summed E-state index contributed by atoms with van der Waals surface area (Å²) in [4.78, 5) is 26.0. The number of carbonyl (C=O) groups excluding carboxylic acids is 2. The van der Waals surface area contributed by atoms with E-state index in [-0.39, 0.29) is 24.8 Å². The number of benzene rings is 2. The average Bonchev–Trinajstić information content (AvgIpc) is 2.69. The van der Waals surface area contributed by atoms with E-state index in [1.165, 1.54) is 11.0 Å². The maximum atomic E-state index is 12.7. The van der Waals surface area contributed by atoms with E-state index in [1.807, 2.05) is 32.0 Å². The normalized spacial score (nSPS) is 11.1. The number of amides is 2. The Bertz CT molecular complexity index is 874. The Balaban J connectivity index is 2.10. The zero-order valence-electron chi connectivity index (χ0n) is 16.8. The first-order valence-electron chi connectivity index (χ1n) is 9.43. The van der Waals surface area contributed by atoms with Gasteiger partial charge in [-0.2, -0.15) is 5.26 Å². The largest absolute Gasteiger partial charge is 0.446 e. The molecule has 0 radical (unpaired) electrons. The molecule has 29 heavy (non-hydrogen) atoms. The van der Waals surface area contributed by atoms with Crippen LogP contribution in [0, 0.1) is 18.3 Å². The predicted molar refractivity (Wildman–Crippen MR) is 111 cm³/mol. The molecule has 0 saturated carbocycles. The minimum Gasteiger partial charge on any atom is -0.446 e. The highest BCUT2D eigenvalue weighted by Crippen LogP contribution is 2.21. The Labute approximate surface area is 170 Å². The van der Waals surface area contributed by atoms with Crippen molar-refractivity contribution in [2.45, 2.75) is 39.7 Å². The van der Waals surface area contributed by atoms with Crippen molar-refractivity contribution in [1.82, 2.24) is 0 Å². The second kappa shape index (κ2) is 10.7. The number of ether oxygens (including phenoxy) is 2. The fraction of sp³-hybridized carbons (Fsp3) is 0.318. The summed E-state index contributed by atoms with van der Waals surface area (Å²) in [5, 5.41) is 11.5. The first kappa shape index (κ1) is 21.8. The predicted octanol–water partition coefficient (Wildman–Crippen LogP) is 5.26. The van der Waals surface area contributed by atoms with E-state index in [0.717, 1.165) is 5.56 Å². The Morgan fingerprint density at radius 3 is 2.59 bits per heavy atom. The first-order chi connectivity index (χ1) is 13.9. The van der Waals surface area contributed by atoms with Crippen LogP contribution in [0.2, 0.25) is 0 Å². The first-order valence-corrected chi connectivity index (χ1v) is 9.43. The molecule has 2 amide bonds. The van der Waals surface area contributed by atoms with Gasteiger partial charge in [-0.15, -0.1) is 0 Å². The fourth-order valence-electron chi connectivity index (χ4n) is 2.42. The number of rotatable bonds is 7. The fourth-order valence-corrected chi connectivity index (χ4v) is 2.42. The maximum absolute atomic E-state index is 12.7. The number of hydrogen-bond acceptors (Lipinski definition) is 5. The van der Waals surface area contributed by atoms with Gasteiger partial charge in [0.25, 0.3) is 0 Å². The molecule has 0 bridgehead atoms. The number of nitrogens with one attached hydrogen (secondary N) is 1. The lowest BCUT2D eigenvalue weighted by molar-refractivity contribution is 0.118. The third-order valence-corrected chi connectivity index (χ3v) is 4.18. The second-order valence-electron chi connectivity index (χ2n) is 6.54. The highest BCUT2D eigenvalue weighted by atomic mass is 16.6. The molecule has 2 aromatic rings. The molecule has 7 heteroatoms. The number of anilines is 2. The zero-order chi connectivity index (χ0) is 21.2. The van der Waals surface area contributed by atoms with E-state index < -0.39 is 12.2 Å². The molecule has 7 nitrogen and oxygen atoms in total. The summed E-state index contributed by atoms with van der Waals surface area (Å²) in [5.41, 5.74) is 2.15. The summed E-state index contributed by atoms with van der Waals surface area (Å²) < 4.78 is 10.6. The lowest BCUT2D eigenvalue weighted by Gasteiger charge is -2.21. The molecule has 0 aliphatic carbocycles. The maximum Gasteiger partial charge on any atom is 0.419 e.